The number of ether oxygens (including phenoxy) is 1. The Morgan fingerprint density at radius 2 is 2.17 bits per heavy atom. The van der Waals surface area contributed by atoms with E-state index in [0.29, 0.717) is 23.8 Å². The lowest BCUT2D eigenvalue weighted by Crippen LogP contribution is -2.50. The van der Waals surface area contributed by atoms with Crippen LogP contribution in [-0.2, 0) is 4.79 Å². The van der Waals surface area contributed by atoms with Gasteiger partial charge in [-0.05, 0) is 37.1 Å². The molecule has 1 aromatic heterocycles. The van der Waals surface area contributed by atoms with Crippen molar-refractivity contribution in [2.75, 3.05) is 19.0 Å². The van der Waals surface area contributed by atoms with Crippen molar-refractivity contribution in [2.45, 2.75) is 18.9 Å². The Kier molecular flexibility index (Phi) is 4.95. The first-order chi connectivity index (χ1) is 11.7. The number of thiazole rings is 1. The molecular formula is C16H18N4O3S. The minimum absolute atomic E-state index is 0.138. The molecule has 24 heavy (non-hydrogen) atoms. The molecule has 1 atom stereocenters. The van der Waals surface area contributed by atoms with Gasteiger partial charge in [0, 0.05) is 17.6 Å². The molecule has 0 bridgehead atoms. The molecule has 1 aliphatic rings. The van der Waals surface area contributed by atoms with Gasteiger partial charge in [-0.25, -0.2) is 4.98 Å². The van der Waals surface area contributed by atoms with Crippen molar-refractivity contribution < 1.29 is 14.3 Å². The molecule has 3 N–H and O–H groups in total. The molecule has 1 aliphatic heterocycles. The van der Waals surface area contributed by atoms with Crippen molar-refractivity contribution in [2.24, 2.45) is 0 Å². The first-order valence-corrected chi connectivity index (χ1v) is 8.49. The van der Waals surface area contributed by atoms with Gasteiger partial charge in [0.2, 0.25) is 5.91 Å². The van der Waals surface area contributed by atoms with Crippen LogP contribution in [0.15, 0.2) is 29.6 Å². The molecule has 8 heteroatoms. The van der Waals surface area contributed by atoms with Crippen molar-refractivity contribution in [1.29, 1.82) is 0 Å². The predicted molar refractivity (Wildman–Crippen MR) is 91.9 cm³/mol. The Morgan fingerprint density at radius 3 is 2.88 bits per heavy atom. The predicted octanol–water partition coefficient (Wildman–Crippen LogP) is 1.90. The van der Waals surface area contributed by atoms with Gasteiger partial charge >= 0.3 is 0 Å². The second-order valence-corrected chi connectivity index (χ2v) is 6.21. The molecule has 3 rings (SSSR count). The first-order valence-electron chi connectivity index (χ1n) is 7.61. The second kappa shape index (κ2) is 7.31. The summed E-state index contributed by atoms with van der Waals surface area (Å²) in [5.41, 5.74) is 1.15. The fourth-order valence-corrected chi connectivity index (χ4v) is 3.09. The highest BCUT2D eigenvalue weighted by Crippen LogP contribution is 2.23. The number of hydrogen-bond acceptors (Lipinski definition) is 6. The van der Waals surface area contributed by atoms with Crippen LogP contribution in [0.1, 0.15) is 23.3 Å². The zero-order chi connectivity index (χ0) is 16.9. The third kappa shape index (κ3) is 3.83. The fourth-order valence-electron chi connectivity index (χ4n) is 2.38. The maximum absolute atomic E-state index is 12.2. The van der Waals surface area contributed by atoms with E-state index in [1.54, 1.807) is 12.5 Å². The number of nitrogens with one attached hydrogen (secondary N) is 3. The van der Waals surface area contributed by atoms with Gasteiger partial charge in [0.15, 0.2) is 5.13 Å². The van der Waals surface area contributed by atoms with Gasteiger partial charge in [-0.2, -0.15) is 0 Å². The smallest absolute Gasteiger partial charge is 0.271 e. The number of rotatable bonds is 5. The highest BCUT2D eigenvalue weighted by Gasteiger charge is 2.24. The minimum Gasteiger partial charge on any atom is -0.497 e. The Morgan fingerprint density at radius 1 is 1.38 bits per heavy atom. The molecule has 0 spiro atoms. The lowest BCUT2D eigenvalue weighted by Gasteiger charge is -2.22. The van der Waals surface area contributed by atoms with E-state index in [2.05, 4.69) is 20.9 Å². The van der Waals surface area contributed by atoms with Crippen molar-refractivity contribution >= 4 is 34.0 Å². The van der Waals surface area contributed by atoms with Crippen LogP contribution in [0.5, 0.6) is 5.75 Å². The Labute approximate surface area is 143 Å². The number of amides is 2. The maximum Gasteiger partial charge on any atom is 0.271 e. The number of nitrogens with zero attached hydrogens (tertiary/aromatic N) is 1. The van der Waals surface area contributed by atoms with Gasteiger partial charge in [0.25, 0.3) is 5.91 Å². The molecule has 0 radical (unpaired) electrons. The van der Waals surface area contributed by atoms with Crippen molar-refractivity contribution in [3.63, 3.8) is 0 Å². The standard InChI is InChI=1S/C16H18N4O3S/c1-23-11-6-4-10(5-7-11)18-16-20-13(9-24-16)15(22)19-12-3-2-8-17-14(12)21/h4-7,9,12H,2-3,8H2,1H3,(H,17,21)(H,18,20)(H,19,22)/t12-/m1/s1. The zero-order valence-corrected chi connectivity index (χ0v) is 14.0. The highest BCUT2D eigenvalue weighted by molar-refractivity contribution is 7.14. The van der Waals surface area contributed by atoms with Gasteiger partial charge in [-0.15, -0.1) is 11.3 Å². The van der Waals surface area contributed by atoms with E-state index in [-0.39, 0.29) is 11.8 Å². The van der Waals surface area contributed by atoms with E-state index in [1.165, 1.54) is 11.3 Å². The number of anilines is 2. The van der Waals surface area contributed by atoms with E-state index in [4.69, 9.17) is 4.74 Å². The summed E-state index contributed by atoms with van der Waals surface area (Å²) in [4.78, 5) is 28.2. The zero-order valence-electron chi connectivity index (χ0n) is 13.2. The number of piperidine rings is 1. The Balaban J connectivity index is 1.61. The molecule has 2 amide bonds. The Bertz CT molecular complexity index is 729. The van der Waals surface area contributed by atoms with Gasteiger partial charge in [0.05, 0.1) is 7.11 Å². The van der Waals surface area contributed by atoms with E-state index < -0.39 is 6.04 Å². The number of carbonyl (C=O) groups excluding carboxylic acids is 2. The SMILES string of the molecule is COc1ccc(Nc2nc(C(=O)N[C@@H]3CCCNC3=O)cs2)cc1. The molecule has 0 aliphatic carbocycles. The van der Waals surface area contributed by atoms with Crippen LogP contribution in [-0.4, -0.2) is 36.5 Å². The number of methoxy groups -OCH3 is 1. The quantitative estimate of drug-likeness (QED) is 0.769. The Hall–Kier alpha value is -2.61. The van der Waals surface area contributed by atoms with E-state index in [9.17, 15) is 9.59 Å². The summed E-state index contributed by atoms with van der Waals surface area (Å²) in [5, 5.41) is 10.9. The number of hydrogen-bond donors (Lipinski definition) is 3. The summed E-state index contributed by atoms with van der Waals surface area (Å²) in [5.74, 6) is 0.294. The van der Waals surface area contributed by atoms with Gasteiger partial charge in [-0.3, -0.25) is 9.59 Å². The molecule has 1 aromatic carbocycles. The van der Waals surface area contributed by atoms with Crippen LogP contribution in [0, 0.1) is 0 Å². The van der Waals surface area contributed by atoms with E-state index in [1.807, 2.05) is 24.3 Å². The molecular weight excluding hydrogens is 328 g/mol. The number of benzene rings is 1. The van der Waals surface area contributed by atoms with E-state index in [0.717, 1.165) is 17.9 Å². The van der Waals surface area contributed by atoms with Crippen LogP contribution in [0.2, 0.25) is 0 Å². The third-order valence-electron chi connectivity index (χ3n) is 3.67. The molecule has 7 nitrogen and oxygen atoms in total. The highest BCUT2D eigenvalue weighted by atomic mass is 32.1. The van der Waals surface area contributed by atoms with Gasteiger partial charge in [-0.1, -0.05) is 0 Å². The van der Waals surface area contributed by atoms with Gasteiger partial charge in [0.1, 0.15) is 17.5 Å². The second-order valence-electron chi connectivity index (χ2n) is 5.35. The number of carbonyl (C=O) groups is 2. The van der Waals surface area contributed by atoms with Crippen molar-refractivity contribution in [3.05, 3.63) is 35.3 Å². The van der Waals surface area contributed by atoms with Gasteiger partial charge < -0.3 is 20.7 Å². The fraction of sp³-hybridized carbons (Fsp3) is 0.312. The average Bonchev–Trinajstić information content (AvgIpc) is 3.06. The molecule has 0 unspecified atom stereocenters. The van der Waals surface area contributed by atoms with Crippen LogP contribution in [0.4, 0.5) is 10.8 Å². The minimum atomic E-state index is -0.481. The summed E-state index contributed by atoms with van der Waals surface area (Å²) in [7, 11) is 1.61. The topological polar surface area (TPSA) is 92.3 Å². The van der Waals surface area contributed by atoms with Crippen LogP contribution >= 0.6 is 11.3 Å². The number of aromatic nitrogens is 1. The van der Waals surface area contributed by atoms with E-state index >= 15 is 0 Å². The summed E-state index contributed by atoms with van der Waals surface area (Å²) in [6, 6.07) is 6.93. The lowest BCUT2D eigenvalue weighted by molar-refractivity contribution is -0.124. The first kappa shape index (κ1) is 16.3. The summed E-state index contributed by atoms with van der Waals surface area (Å²) < 4.78 is 5.11. The molecule has 2 aromatic rings. The van der Waals surface area contributed by atoms with Crippen LogP contribution < -0.4 is 20.7 Å². The molecule has 126 valence electrons. The van der Waals surface area contributed by atoms with Crippen molar-refractivity contribution in [3.8, 4) is 5.75 Å². The summed E-state index contributed by atoms with van der Waals surface area (Å²) in [6.07, 6.45) is 1.51. The molecule has 0 saturated carbocycles. The summed E-state index contributed by atoms with van der Waals surface area (Å²) >= 11 is 1.33. The largest absolute Gasteiger partial charge is 0.497 e. The van der Waals surface area contributed by atoms with Crippen molar-refractivity contribution in [1.82, 2.24) is 15.6 Å². The van der Waals surface area contributed by atoms with Crippen LogP contribution in [0.25, 0.3) is 0 Å². The van der Waals surface area contributed by atoms with Crippen LogP contribution in [0.3, 0.4) is 0 Å². The normalized spacial score (nSPS) is 17.0. The molecule has 1 fully saturated rings. The molecule has 1 saturated heterocycles. The monoisotopic (exact) mass is 346 g/mol. The lowest BCUT2D eigenvalue weighted by atomic mass is 10.1. The maximum atomic E-state index is 12.2. The molecule has 2 heterocycles. The third-order valence-corrected chi connectivity index (χ3v) is 4.43. The summed E-state index contributed by atoms with van der Waals surface area (Å²) in [6.45, 7) is 0.665. The average molecular weight is 346 g/mol.